The highest BCUT2D eigenvalue weighted by Gasteiger charge is 2.32. The fraction of sp³-hybridized carbons (Fsp3) is 0.391. The first kappa shape index (κ1) is 27.9. The molecule has 0 aromatic heterocycles. The minimum atomic E-state index is -3.94. The monoisotopic (exact) mass is 531 g/mol. The fourth-order valence-corrected chi connectivity index (χ4v) is 4.63. The number of benzene rings is 2. The summed E-state index contributed by atoms with van der Waals surface area (Å²) in [5.41, 5.74) is 0.637. The zero-order chi connectivity index (χ0) is 25.5. The zero-order valence-corrected chi connectivity index (χ0v) is 21.6. The maximum absolute atomic E-state index is 13.5. The highest BCUT2D eigenvalue weighted by Crippen LogP contribution is 2.31. The first-order chi connectivity index (χ1) is 16.0. The molecular weight excluding hydrogens is 504 g/mol. The number of nitrogens with zero attached hydrogens (tertiary/aromatic N) is 2. The van der Waals surface area contributed by atoms with E-state index in [2.05, 4.69) is 5.32 Å². The molecule has 0 radical (unpaired) electrons. The summed E-state index contributed by atoms with van der Waals surface area (Å²) >= 11 is 12.2. The van der Waals surface area contributed by atoms with E-state index in [0.29, 0.717) is 24.9 Å². The lowest BCUT2D eigenvalue weighted by atomic mass is 10.1. The molecule has 0 aliphatic carbocycles. The first-order valence-electron chi connectivity index (χ1n) is 10.7. The molecule has 0 aliphatic heterocycles. The van der Waals surface area contributed by atoms with E-state index in [1.54, 1.807) is 6.92 Å². The molecule has 0 spiro atoms. The van der Waals surface area contributed by atoms with Crippen LogP contribution in [-0.2, 0) is 26.2 Å². The summed E-state index contributed by atoms with van der Waals surface area (Å²) in [7, 11) is -3.94. The number of nitrogens with one attached hydrogen (secondary N) is 1. The number of rotatable bonds is 11. The topological polar surface area (TPSA) is 86.8 Å². The van der Waals surface area contributed by atoms with Crippen LogP contribution >= 0.6 is 23.2 Å². The molecule has 0 heterocycles. The van der Waals surface area contributed by atoms with Gasteiger partial charge in [-0.15, -0.1) is 0 Å². The number of hydrogen-bond donors (Lipinski definition) is 1. The van der Waals surface area contributed by atoms with Gasteiger partial charge >= 0.3 is 0 Å². The van der Waals surface area contributed by atoms with Crippen molar-refractivity contribution in [3.05, 3.63) is 63.9 Å². The average molecular weight is 532 g/mol. The van der Waals surface area contributed by atoms with Gasteiger partial charge in [-0.25, -0.2) is 12.8 Å². The van der Waals surface area contributed by atoms with Crippen molar-refractivity contribution < 1.29 is 22.4 Å². The van der Waals surface area contributed by atoms with Crippen LogP contribution in [0.4, 0.5) is 10.1 Å². The molecule has 1 N–H and O–H groups in total. The highest BCUT2D eigenvalue weighted by molar-refractivity contribution is 7.92. The summed E-state index contributed by atoms with van der Waals surface area (Å²) < 4.78 is 39.4. The van der Waals surface area contributed by atoms with E-state index in [1.807, 2.05) is 6.92 Å². The molecular formula is C23H28Cl2FN3O4S. The van der Waals surface area contributed by atoms with E-state index in [4.69, 9.17) is 23.2 Å². The predicted octanol–water partition coefficient (Wildman–Crippen LogP) is 4.23. The molecule has 1 atom stereocenters. The summed E-state index contributed by atoms with van der Waals surface area (Å²) in [5.74, 6) is -1.41. The van der Waals surface area contributed by atoms with Crippen LogP contribution in [0, 0.1) is 5.82 Å². The maximum atomic E-state index is 13.5. The Labute approximate surface area is 209 Å². The molecule has 186 valence electrons. The van der Waals surface area contributed by atoms with E-state index in [-0.39, 0.29) is 28.2 Å². The number of carbonyl (C=O) groups excluding carboxylic acids is 2. The van der Waals surface area contributed by atoms with Crippen LogP contribution in [0.2, 0.25) is 10.0 Å². The SMILES string of the molecule is CCCNC(=O)[C@@H](CC)N(Cc1ccc(F)cc1)C(=O)CN(c1cc(Cl)ccc1Cl)S(C)(=O)=O. The van der Waals surface area contributed by atoms with Crippen molar-refractivity contribution in [2.75, 3.05) is 23.7 Å². The molecule has 0 unspecified atom stereocenters. The van der Waals surface area contributed by atoms with E-state index < -0.39 is 34.3 Å². The van der Waals surface area contributed by atoms with E-state index >= 15 is 0 Å². The van der Waals surface area contributed by atoms with Crippen molar-refractivity contribution in [1.29, 1.82) is 0 Å². The normalized spacial score (nSPS) is 12.2. The minimum absolute atomic E-state index is 0.0158. The van der Waals surface area contributed by atoms with Crippen molar-refractivity contribution in [1.82, 2.24) is 10.2 Å². The van der Waals surface area contributed by atoms with Gasteiger partial charge < -0.3 is 10.2 Å². The Morgan fingerprint density at radius 2 is 1.74 bits per heavy atom. The number of hydrogen-bond acceptors (Lipinski definition) is 4. The molecule has 2 aromatic carbocycles. The van der Waals surface area contributed by atoms with Crippen LogP contribution in [0.25, 0.3) is 0 Å². The number of anilines is 1. The Balaban J connectivity index is 2.45. The lowest BCUT2D eigenvalue weighted by molar-refractivity contribution is -0.140. The quantitative estimate of drug-likeness (QED) is 0.469. The van der Waals surface area contributed by atoms with Gasteiger partial charge in [-0.05, 0) is 48.7 Å². The summed E-state index contributed by atoms with van der Waals surface area (Å²) in [5, 5.41) is 3.12. The summed E-state index contributed by atoms with van der Waals surface area (Å²) in [6, 6.07) is 8.96. The Bertz CT molecular complexity index is 1110. The standard InChI is InChI=1S/C23H28Cl2FN3O4S/c1-4-12-27-23(31)20(5-2)28(14-16-6-9-18(26)10-7-16)22(30)15-29(34(3,32)33)21-13-17(24)8-11-19(21)25/h6-11,13,20H,4-5,12,14-15H2,1-3H3,(H,27,31)/t20-/m1/s1. The Hall–Kier alpha value is -2.36. The smallest absolute Gasteiger partial charge is 0.244 e. The third-order valence-electron chi connectivity index (χ3n) is 5.06. The Morgan fingerprint density at radius 3 is 2.29 bits per heavy atom. The van der Waals surface area contributed by atoms with E-state index in [1.165, 1.54) is 47.4 Å². The molecule has 2 aromatic rings. The summed E-state index contributed by atoms with van der Waals surface area (Å²) in [6.07, 6.45) is 1.95. The van der Waals surface area contributed by atoms with Crippen LogP contribution in [-0.4, -0.2) is 50.5 Å². The van der Waals surface area contributed by atoms with Crippen molar-refractivity contribution in [3.63, 3.8) is 0 Å². The summed E-state index contributed by atoms with van der Waals surface area (Å²) in [6.45, 7) is 3.47. The lowest BCUT2D eigenvalue weighted by Crippen LogP contribution is -2.52. The fourth-order valence-electron chi connectivity index (χ4n) is 3.34. The van der Waals surface area contributed by atoms with Crippen LogP contribution in [0.3, 0.4) is 0 Å². The number of halogens is 3. The number of amides is 2. The molecule has 0 bridgehead atoms. The number of sulfonamides is 1. The summed E-state index contributed by atoms with van der Waals surface area (Å²) in [4.78, 5) is 27.6. The van der Waals surface area contributed by atoms with Crippen LogP contribution in [0.1, 0.15) is 32.3 Å². The van der Waals surface area contributed by atoms with Crippen LogP contribution < -0.4 is 9.62 Å². The van der Waals surface area contributed by atoms with Crippen LogP contribution in [0.5, 0.6) is 0 Å². The second kappa shape index (κ2) is 12.4. The van der Waals surface area contributed by atoms with E-state index in [9.17, 15) is 22.4 Å². The van der Waals surface area contributed by atoms with Crippen LogP contribution in [0.15, 0.2) is 42.5 Å². The molecule has 11 heteroatoms. The van der Waals surface area contributed by atoms with Gasteiger partial charge in [0.25, 0.3) is 0 Å². The first-order valence-corrected chi connectivity index (χ1v) is 13.3. The molecule has 2 rings (SSSR count). The van der Waals surface area contributed by atoms with Gasteiger partial charge in [-0.2, -0.15) is 0 Å². The van der Waals surface area contributed by atoms with Gasteiger partial charge in [0, 0.05) is 18.1 Å². The molecule has 34 heavy (non-hydrogen) atoms. The highest BCUT2D eigenvalue weighted by atomic mass is 35.5. The predicted molar refractivity (Wildman–Crippen MR) is 133 cm³/mol. The average Bonchev–Trinajstić information content (AvgIpc) is 2.78. The van der Waals surface area contributed by atoms with Gasteiger partial charge in [0.15, 0.2) is 0 Å². The molecule has 0 saturated carbocycles. The lowest BCUT2D eigenvalue weighted by Gasteiger charge is -2.33. The third kappa shape index (κ3) is 7.58. The molecule has 0 fully saturated rings. The second-order valence-electron chi connectivity index (χ2n) is 7.73. The molecule has 7 nitrogen and oxygen atoms in total. The Kier molecular flexibility index (Phi) is 10.1. The minimum Gasteiger partial charge on any atom is -0.354 e. The van der Waals surface area contributed by atoms with Gasteiger partial charge in [0.1, 0.15) is 18.4 Å². The third-order valence-corrected chi connectivity index (χ3v) is 6.74. The molecule has 2 amide bonds. The molecule has 0 saturated heterocycles. The number of carbonyl (C=O) groups is 2. The van der Waals surface area contributed by atoms with Gasteiger partial charge in [0.05, 0.1) is 17.0 Å². The van der Waals surface area contributed by atoms with E-state index in [0.717, 1.165) is 10.6 Å². The largest absolute Gasteiger partial charge is 0.354 e. The van der Waals surface area contributed by atoms with Crippen molar-refractivity contribution >= 4 is 50.7 Å². The van der Waals surface area contributed by atoms with Gasteiger partial charge in [0.2, 0.25) is 21.8 Å². The maximum Gasteiger partial charge on any atom is 0.244 e. The Morgan fingerprint density at radius 1 is 1.09 bits per heavy atom. The molecule has 0 aliphatic rings. The van der Waals surface area contributed by atoms with Gasteiger partial charge in [-0.3, -0.25) is 13.9 Å². The van der Waals surface area contributed by atoms with Crippen molar-refractivity contribution in [3.8, 4) is 0 Å². The van der Waals surface area contributed by atoms with Crippen molar-refractivity contribution in [2.24, 2.45) is 0 Å². The second-order valence-corrected chi connectivity index (χ2v) is 10.5. The zero-order valence-electron chi connectivity index (χ0n) is 19.2. The van der Waals surface area contributed by atoms with Crippen molar-refractivity contribution in [2.45, 2.75) is 39.3 Å². The van der Waals surface area contributed by atoms with Gasteiger partial charge in [-0.1, -0.05) is 49.2 Å².